The van der Waals surface area contributed by atoms with Crippen LogP contribution >= 0.6 is 0 Å². The van der Waals surface area contributed by atoms with Crippen LogP contribution in [-0.4, -0.2) is 12.5 Å². The van der Waals surface area contributed by atoms with E-state index in [1.54, 1.807) is 0 Å². The number of carbonyl (C=O) groups excluding carboxylic acids is 1. The highest BCUT2D eigenvalue weighted by Gasteiger charge is 2.04. The molecule has 0 aliphatic heterocycles. The molecule has 0 spiro atoms. The van der Waals surface area contributed by atoms with Gasteiger partial charge in [-0.3, -0.25) is 4.79 Å². The third-order valence-electron chi connectivity index (χ3n) is 6.89. The number of nitrogens with one attached hydrogen (secondary N) is 1. The number of unbranched alkanes of at least 4 members (excludes halogenated alkanes) is 19. The van der Waals surface area contributed by atoms with E-state index in [1.165, 1.54) is 109 Å². The van der Waals surface area contributed by atoms with E-state index in [0.29, 0.717) is 6.42 Å². The van der Waals surface area contributed by atoms with Gasteiger partial charge in [-0.25, -0.2) is 0 Å². The van der Waals surface area contributed by atoms with E-state index in [1.807, 2.05) is 24.3 Å². The van der Waals surface area contributed by atoms with Crippen molar-refractivity contribution in [3.63, 3.8) is 0 Å². The van der Waals surface area contributed by atoms with Crippen molar-refractivity contribution in [2.45, 2.75) is 155 Å². The normalized spacial score (nSPS) is 11.0. The zero-order chi connectivity index (χ0) is 25.2. The van der Waals surface area contributed by atoms with Crippen molar-refractivity contribution in [3.8, 4) is 5.75 Å². The minimum Gasteiger partial charge on any atom is -0.494 e. The molecule has 0 aliphatic carbocycles. The van der Waals surface area contributed by atoms with Crippen molar-refractivity contribution >= 4 is 11.6 Å². The summed E-state index contributed by atoms with van der Waals surface area (Å²) in [5, 5.41) is 3.01. The molecule has 3 nitrogen and oxygen atoms in total. The monoisotopic (exact) mass is 487 g/mol. The number of rotatable bonds is 25. The second-order valence-electron chi connectivity index (χ2n) is 10.4. The fourth-order valence-corrected chi connectivity index (χ4v) is 4.59. The molecule has 0 aromatic heterocycles. The van der Waals surface area contributed by atoms with Gasteiger partial charge in [0.25, 0.3) is 0 Å². The molecule has 3 heteroatoms. The van der Waals surface area contributed by atoms with Crippen molar-refractivity contribution in [3.05, 3.63) is 24.3 Å². The molecule has 1 rings (SSSR count). The van der Waals surface area contributed by atoms with Gasteiger partial charge in [-0.05, 0) is 25.0 Å². The van der Waals surface area contributed by atoms with Gasteiger partial charge in [-0.15, -0.1) is 0 Å². The van der Waals surface area contributed by atoms with E-state index in [-0.39, 0.29) is 5.91 Å². The molecule has 0 fully saturated rings. The molecular weight excluding hydrogens is 430 g/mol. The molecule has 202 valence electrons. The van der Waals surface area contributed by atoms with Gasteiger partial charge >= 0.3 is 0 Å². The van der Waals surface area contributed by atoms with Crippen LogP contribution in [0.5, 0.6) is 5.75 Å². The Labute approximate surface area is 218 Å². The van der Waals surface area contributed by atoms with Crippen molar-refractivity contribution in [1.29, 1.82) is 0 Å². The maximum absolute atomic E-state index is 12.2. The fourth-order valence-electron chi connectivity index (χ4n) is 4.59. The lowest BCUT2D eigenvalue weighted by atomic mass is 10.0. The number of benzene rings is 1. The van der Waals surface area contributed by atoms with Crippen LogP contribution in [0.2, 0.25) is 0 Å². The maximum Gasteiger partial charge on any atom is 0.224 e. The van der Waals surface area contributed by atoms with Crippen LogP contribution in [0.4, 0.5) is 5.69 Å². The lowest BCUT2D eigenvalue weighted by Crippen LogP contribution is -2.11. The van der Waals surface area contributed by atoms with Gasteiger partial charge in [0.15, 0.2) is 0 Å². The Balaban J connectivity index is 1.84. The first-order valence-electron chi connectivity index (χ1n) is 15.3. The van der Waals surface area contributed by atoms with Crippen LogP contribution < -0.4 is 10.1 Å². The molecule has 0 aliphatic rings. The summed E-state index contributed by atoms with van der Waals surface area (Å²) in [7, 11) is 0. The van der Waals surface area contributed by atoms with Crippen LogP contribution in [0, 0.1) is 0 Å². The van der Waals surface area contributed by atoms with E-state index in [2.05, 4.69) is 19.2 Å². The fraction of sp³-hybridized carbons (Fsp3) is 0.781. The van der Waals surface area contributed by atoms with Gasteiger partial charge in [0, 0.05) is 18.2 Å². The second kappa shape index (κ2) is 24.2. The smallest absolute Gasteiger partial charge is 0.224 e. The first-order chi connectivity index (χ1) is 17.3. The molecule has 1 amide bonds. The lowest BCUT2D eigenvalue weighted by Gasteiger charge is -2.09. The number of hydrogen-bond donors (Lipinski definition) is 1. The molecule has 1 N–H and O–H groups in total. The van der Waals surface area contributed by atoms with E-state index in [9.17, 15) is 4.79 Å². The predicted molar refractivity (Wildman–Crippen MR) is 153 cm³/mol. The van der Waals surface area contributed by atoms with Gasteiger partial charge in [0.05, 0.1) is 6.61 Å². The van der Waals surface area contributed by atoms with Crippen molar-refractivity contribution in [2.75, 3.05) is 11.9 Å². The van der Waals surface area contributed by atoms with Gasteiger partial charge in [0.2, 0.25) is 5.91 Å². The average molecular weight is 488 g/mol. The molecule has 1 aromatic rings. The lowest BCUT2D eigenvalue weighted by molar-refractivity contribution is -0.116. The van der Waals surface area contributed by atoms with Crippen LogP contribution in [-0.2, 0) is 4.79 Å². The summed E-state index contributed by atoms with van der Waals surface area (Å²) in [5.41, 5.74) is 0.835. The van der Waals surface area contributed by atoms with Gasteiger partial charge in [-0.1, -0.05) is 142 Å². The van der Waals surface area contributed by atoms with Crippen molar-refractivity contribution in [1.82, 2.24) is 0 Å². The van der Waals surface area contributed by atoms with Crippen molar-refractivity contribution in [2.24, 2.45) is 0 Å². The molecule has 35 heavy (non-hydrogen) atoms. The van der Waals surface area contributed by atoms with E-state index < -0.39 is 0 Å². The highest BCUT2D eigenvalue weighted by atomic mass is 16.5. The van der Waals surface area contributed by atoms with Gasteiger partial charge in [-0.2, -0.15) is 0 Å². The Kier molecular flexibility index (Phi) is 21.8. The standard InChI is InChI=1S/C32H57NO2/c1-3-5-7-8-9-10-11-12-13-14-15-16-17-18-19-20-21-22-23-27-32(34)33-30-25-24-26-31(29-30)35-28-6-4-2/h24-26,29H,3-23,27-28H2,1-2H3,(H,33,34). The Morgan fingerprint density at radius 2 is 1.09 bits per heavy atom. The topological polar surface area (TPSA) is 38.3 Å². The van der Waals surface area contributed by atoms with Gasteiger partial charge in [0.1, 0.15) is 5.75 Å². The summed E-state index contributed by atoms with van der Waals surface area (Å²) in [6.45, 7) is 5.17. The molecule has 0 unspecified atom stereocenters. The average Bonchev–Trinajstić information content (AvgIpc) is 2.86. The number of ether oxygens (including phenoxy) is 1. The molecule has 0 heterocycles. The largest absolute Gasteiger partial charge is 0.494 e. The summed E-state index contributed by atoms with van der Waals surface area (Å²) < 4.78 is 5.72. The summed E-state index contributed by atoms with van der Waals surface area (Å²) in [5.74, 6) is 0.947. The van der Waals surface area contributed by atoms with Crippen LogP contribution in [0.25, 0.3) is 0 Å². The SMILES string of the molecule is CCCCCCCCCCCCCCCCCCCCCC(=O)Nc1cccc(OCCCC)c1. The summed E-state index contributed by atoms with van der Waals surface area (Å²) in [6.07, 6.45) is 28.9. The molecule has 0 radical (unpaired) electrons. The van der Waals surface area contributed by atoms with Crippen LogP contribution in [0.15, 0.2) is 24.3 Å². The zero-order valence-corrected chi connectivity index (χ0v) is 23.4. The molecule has 0 saturated carbocycles. The first kappa shape index (κ1) is 31.5. The number of carbonyl (C=O) groups is 1. The Morgan fingerprint density at radius 3 is 1.57 bits per heavy atom. The van der Waals surface area contributed by atoms with E-state index in [0.717, 1.165) is 43.7 Å². The molecule has 1 aromatic carbocycles. The zero-order valence-electron chi connectivity index (χ0n) is 23.4. The van der Waals surface area contributed by atoms with Crippen LogP contribution in [0.3, 0.4) is 0 Å². The number of hydrogen-bond acceptors (Lipinski definition) is 2. The third kappa shape index (κ3) is 20.4. The molecular formula is C32H57NO2. The van der Waals surface area contributed by atoms with E-state index in [4.69, 9.17) is 4.74 Å². The van der Waals surface area contributed by atoms with Crippen molar-refractivity contribution < 1.29 is 9.53 Å². The molecule has 0 saturated heterocycles. The van der Waals surface area contributed by atoms with E-state index >= 15 is 0 Å². The highest BCUT2D eigenvalue weighted by Crippen LogP contribution is 2.19. The number of amides is 1. The molecule has 0 atom stereocenters. The predicted octanol–water partition coefficient (Wildman–Crippen LogP) is 10.6. The Morgan fingerprint density at radius 1 is 0.629 bits per heavy atom. The summed E-state index contributed by atoms with van der Waals surface area (Å²) >= 11 is 0. The minimum atomic E-state index is 0.114. The second-order valence-corrected chi connectivity index (χ2v) is 10.4. The Hall–Kier alpha value is -1.51. The van der Waals surface area contributed by atoms with Crippen LogP contribution in [0.1, 0.15) is 155 Å². The highest BCUT2D eigenvalue weighted by molar-refractivity contribution is 5.90. The molecule has 0 bridgehead atoms. The summed E-state index contributed by atoms with van der Waals surface area (Å²) in [6, 6.07) is 7.74. The maximum atomic E-state index is 12.2. The Bertz CT molecular complexity index is 601. The summed E-state index contributed by atoms with van der Waals surface area (Å²) in [4.78, 5) is 12.2. The minimum absolute atomic E-state index is 0.114. The number of anilines is 1. The quantitative estimate of drug-likeness (QED) is 0.139. The third-order valence-corrected chi connectivity index (χ3v) is 6.89. The first-order valence-corrected chi connectivity index (χ1v) is 15.3. The van der Waals surface area contributed by atoms with Gasteiger partial charge < -0.3 is 10.1 Å².